The molecule has 1 aromatic carbocycles. The second-order valence-corrected chi connectivity index (χ2v) is 6.65. The van der Waals surface area contributed by atoms with Gasteiger partial charge in [-0.3, -0.25) is 4.84 Å². The smallest absolute Gasteiger partial charge is 0.316 e. The molecule has 0 aromatic heterocycles. The van der Waals surface area contributed by atoms with E-state index in [1.54, 1.807) is 6.92 Å². The summed E-state index contributed by atoms with van der Waals surface area (Å²) in [4.78, 5) is 37.3. The highest BCUT2D eigenvalue weighted by molar-refractivity contribution is 5.98. The topological polar surface area (TPSA) is 71.4 Å². The lowest BCUT2D eigenvalue weighted by Gasteiger charge is -2.27. The van der Waals surface area contributed by atoms with E-state index in [-0.39, 0.29) is 12.1 Å². The number of hydrogen-bond donors (Lipinski definition) is 0. The molecular formula is C19H25N3O4. The summed E-state index contributed by atoms with van der Waals surface area (Å²) in [5.74, 6) is -0.498. The normalized spacial score (nSPS) is 22.7. The maximum atomic E-state index is 12.5. The summed E-state index contributed by atoms with van der Waals surface area (Å²) in [5.41, 5.74) is 1.50. The molecule has 7 heteroatoms. The molecular weight excluding hydrogens is 334 g/mol. The lowest BCUT2D eigenvalue weighted by Crippen LogP contribution is -2.45. The van der Waals surface area contributed by atoms with Gasteiger partial charge in [0.1, 0.15) is 6.04 Å². The Morgan fingerprint density at radius 1 is 1.27 bits per heavy atom. The molecule has 2 amide bonds. The van der Waals surface area contributed by atoms with Crippen LogP contribution in [0.3, 0.4) is 0 Å². The molecule has 2 atom stereocenters. The molecule has 26 heavy (non-hydrogen) atoms. The molecule has 2 aliphatic heterocycles. The summed E-state index contributed by atoms with van der Waals surface area (Å²) < 4.78 is 0. The fraction of sp³-hybridized carbons (Fsp3) is 0.526. The van der Waals surface area contributed by atoms with Gasteiger partial charge in [-0.15, -0.1) is 0 Å². The van der Waals surface area contributed by atoms with E-state index in [1.165, 1.54) is 9.96 Å². The number of urea groups is 1. The molecule has 2 bridgehead atoms. The van der Waals surface area contributed by atoms with Crippen molar-refractivity contribution >= 4 is 17.7 Å². The Morgan fingerprint density at radius 2 is 2.04 bits per heavy atom. The number of carbonyl (C=O) groups excluding carboxylic acids is 2. The quantitative estimate of drug-likeness (QED) is 0.325. The van der Waals surface area contributed by atoms with Crippen LogP contribution in [0.4, 0.5) is 4.79 Å². The molecule has 0 saturated carbocycles. The van der Waals surface area contributed by atoms with Crippen molar-refractivity contribution < 1.29 is 19.3 Å². The standard InChI is InChI=1S/C19H25N3O4/c1-3-4-12-25-22-16-10-11-17(21(13-16)19(22)24)18(23)26-20-14(2)15-8-6-5-7-9-15/h5-9,16-17H,3-4,10-13H2,1-2H3/b20-14+/t16-,17-/m0/s1. The van der Waals surface area contributed by atoms with Crippen LogP contribution in [0.2, 0.25) is 0 Å². The van der Waals surface area contributed by atoms with Gasteiger partial charge in [0.25, 0.3) is 0 Å². The molecule has 0 aliphatic carbocycles. The first-order valence-corrected chi connectivity index (χ1v) is 9.15. The van der Waals surface area contributed by atoms with Crippen LogP contribution in [0, 0.1) is 0 Å². The van der Waals surface area contributed by atoms with Crippen molar-refractivity contribution in [2.75, 3.05) is 13.2 Å². The zero-order valence-electron chi connectivity index (χ0n) is 15.3. The minimum atomic E-state index is -0.606. The maximum absolute atomic E-state index is 12.5. The van der Waals surface area contributed by atoms with E-state index in [0.717, 1.165) is 24.8 Å². The van der Waals surface area contributed by atoms with Gasteiger partial charge in [0, 0.05) is 6.54 Å². The first kappa shape index (κ1) is 18.4. The van der Waals surface area contributed by atoms with Gasteiger partial charge in [-0.1, -0.05) is 48.8 Å². The molecule has 0 radical (unpaired) electrons. The summed E-state index contributed by atoms with van der Waals surface area (Å²) in [7, 11) is 0. The van der Waals surface area contributed by atoms with Gasteiger partial charge in [0.2, 0.25) is 0 Å². The molecule has 2 heterocycles. The van der Waals surface area contributed by atoms with Crippen LogP contribution >= 0.6 is 0 Å². The van der Waals surface area contributed by atoms with Crippen molar-refractivity contribution in [2.24, 2.45) is 5.16 Å². The second-order valence-electron chi connectivity index (χ2n) is 6.65. The third-order valence-corrected chi connectivity index (χ3v) is 4.79. The molecule has 0 N–H and O–H groups in total. The van der Waals surface area contributed by atoms with E-state index >= 15 is 0 Å². The highest BCUT2D eigenvalue weighted by Gasteiger charge is 2.48. The number of rotatable bonds is 7. The van der Waals surface area contributed by atoms with Gasteiger partial charge in [0.15, 0.2) is 0 Å². The van der Waals surface area contributed by atoms with E-state index in [4.69, 9.17) is 9.68 Å². The van der Waals surface area contributed by atoms with Crippen LogP contribution < -0.4 is 0 Å². The Labute approximate surface area is 153 Å². The van der Waals surface area contributed by atoms with Crippen LogP contribution in [0.5, 0.6) is 0 Å². The minimum absolute atomic E-state index is 0.0120. The van der Waals surface area contributed by atoms with E-state index in [1.807, 2.05) is 30.3 Å². The molecule has 7 nitrogen and oxygen atoms in total. The molecule has 1 aromatic rings. The first-order chi connectivity index (χ1) is 12.6. The third kappa shape index (κ3) is 3.88. The zero-order valence-corrected chi connectivity index (χ0v) is 15.3. The van der Waals surface area contributed by atoms with Gasteiger partial charge in [-0.25, -0.2) is 9.59 Å². The van der Waals surface area contributed by atoms with Crippen molar-refractivity contribution in [3.63, 3.8) is 0 Å². The molecule has 3 rings (SSSR count). The fourth-order valence-corrected chi connectivity index (χ4v) is 3.26. The van der Waals surface area contributed by atoms with Gasteiger partial charge >= 0.3 is 12.0 Å². The highest BCUT2D eigenvalue weighted by atomic mass is 16.7. The SMILES string of the molecule is CCCCON1C(=O)N2C[C@@H]1CC[C@H]2C(=O)O/N=C(\C)c1ccccc1. The van der Waals surface area contributed by atoms with Crippen molar-refractivity contribution in [3.8, 4) is 0 Å². The molecule has 0 spiro atoms. The molecule has 2 aliphatic rings. The van der Waals surface area contributed by atoms with E-state index in [9.17, 15) is 9.59 Å². The van der Waals surface area contributed by atoms with Crippen LogP contribution in [-0.2, 0) is 14.5 Å². The molecule has 2 fully saturated rings. The zero-order chi connectivity index (χ0) is 18.5. The Balaban J connectivity index is 1.60. The number of nitrogens with zero attached hydrogens (tertiary/aromatic N) is 3. The number of unbranched alkanes of at least 4 members (excludes halogenated alkanes) is 1. The predicted octanol–water partition coefficient (Wildman–Crippen LogP) is 2.95. The van der Waals surface area contributed by atoms with Gasteiger partial charge in [-0.05, 0) is 31.7 Å². The molecule has 140 valence electrons. The monoisotopic (exact) mass is 359 g/mol. The number of hydrogen-bond acceptors (Lipinski definition) is 5. The predicted molar refractivity (Wildman–Crippen MR) is 96.4 cm³/mol. The summed E-state index contributed by atoms with van der Waals surface area (Å²) in [6, 6.07) is 8.65. The van der Waals surface area contributed by atoms with Gasteiger partial charge in [0.05, 0.1) is 18.4 Å². The Kier molecular flexibility index (Phi) is 5.88. The number of carbonyl (C=O) groups is 2. The van der Waals surface area contributed by atoms with Crippen molar-refractivity contribution in [3.05, 3.63) is 35.9 Å². The van der Waals surface area contributed by atoms with Crippen LogP contribution in [0.1, 0.15) is 45.1 Å². The van der Waals surface area contributed by atoms with Gasteiger partial charge < -0.3 is 9.74 Å². The number of fused-ring (bicyclic) bond motifs is 2. The van der Waals surface area contributed by atoms with E-state index < -0.39 is 12.0 Å². The lowest BCUT2D eigenvalue weighted by molar-refractivity contribution is -0.149. The van der Waals surface area contributed by atoms with Crippen LogP contribution in [0.15, 0.2) is 35.5 Å². The van der Waals surface area contributed by atoms with Crippen LogP contribution in [0.25, 0.3) is 0 Å². The average molecular weight is 359 g/mol. The average Bonchev–Trinajstić information content (AvgIpc) is 2.91. The largest absolute Gasteiger partial charge is 0.357 e. The minimum Gasteiger partial charge on any atom is -0.316 e. The van der Waals surface area contributed by atoms with E-state index in [0.29, 0.717) is 25.3 Å². The first-order valence-electron chi connectivity index (χ1n) is 9.15. The van der Waals surface area contributed by atoms with Gasteiger partial charge in [-0.2, -0.15) is 5.06 Å². The number of oxime groups is 1. The summed E-state index contributed by atoms with van der Waals surface area (Å²) in [5, 5.41) is 5.37. The third-order valence-electron chi connectivity index (χ3n) is 4.79. The van der Waals surface area contributed by atoms with Crippen molar-refractivity contribution in [1.82, 2.24) is 9.96 Å². The van der Waals surface area contributed by atoms with Crippen molar-refractivity contribution in [2.45, 2.75) is 51.6 Å². The van der Waals surface area contributed by atoms with E-state index in [2.05, 4.69) is 12.1 Å². The summed E-state index contributed by atoms with van der Waals surface area (Å²) in [6.07, 6.45) is 3.18. The Morgan fingerprint density at radius 3 is 2.77 bits per heavy atom. The molecule has 0 unspecified atom stereocenters. The maximum Gasteiger partial charge on any atom is 0.357 e. The number of amides is 2. The summed E-state index contributed by atoms with van der Waals surface area (Å²) in [6.45, 7) is 4.86. The number of piperidine rings is 1. The Bertz CT molecular complexity index is 677. The molecule has 2 saturated heterocycles. The lowest BCUT2D eigenvalue weighted by atomic mass is 10.0. The van der Waals surface area contributed by atoms with Crippen molar-refractivity contribution in [1.29, 1.82) is 0 Å². The second kappa shape index (κ2) is 8.31. The fourth-order valence-electron chi connectivity index (χ4n) is 3.26. The number of benzene rings is 1. The Hall–Kier alpha value is -2.41. The van der Waals surface area contributed by atoms with Crippen LogP contribution in [-0.4, -0.2) is 52.9 Å². The summed E-state index contributed by atoms with van der Waals surface area (Å²) >= 11 is 0. The number of hydroxylamine groups is 2. The highest BCUT2D eigenvalue weighted by Crippen LogP contribution is 2.30.